The largest absolute Gasteiger partial charge is 0.493 e. The second-order valence-electron chi connectivity index (χ2n) is 4.69. The highest BCUT2D eigenvalue weighted by Gasteiger charge is 2.14. The molecule has 4 heteroatoms. The number of benzene rings is 2. The Morgan fingerprint density at radius 3 is 2.48 bits per heavy atom. The van der Waals surface area contributed by atoms with E-state index in [9.17, 15) is 4.79 Å². The Bertz CT molecular complexity index is 729. The molecule has 0 N–H and O–H groups in total. The number of hydrogen-bond donors (Lipinski definition) is 0. The lowest BCUT2D eigenvalue weighted by Crippen LogP contribution is -2.11. The maximum atomic E-state index is 12.2. The van der Waals surface area contributed by atoms with Crippen LogP contribution in [-0.4, -0.2) is 13.1 Å². The molecule has 0 heterocycles. The van der Waals surface area contributed by atoms with Crippen molar-refractivity contribution in [3.8, 4) is 17.6 Å². The first-order valence-corrected chi connectivity index (χ1v) is 6.42. The van der Waals surface area contributed by atoms with Crippen molar-refractivity contribution >= 4 is 5.97 Å². The summed E-state index contributed by atoms with van der Waals surface area (Å²) in [4.78, 5) is 12.2. The van der Waals surface area contributed by atoms with Gasteiger partial charge in [-0.1, -0.05) is 17.7 Å². The van der Waals surface area contributed by atoms with Crippen LogP contribution < -0.4 is 9.47 Å². The van der Waals surface area contributed by atoms with Crippen LogP contribution in [-0.2, 0) is 0 Å². The number of nitrogens with zero attached hydrogens (tertiary/aromatic N) is 1. The van der Waals surface area contributed by atoms with Gasteiger partial charge in [0.2, 0.25) is 0 Å². The van der Waals surface area contributed by atoms with Crippen molar-refractivity contribution in [1.82, 2.24) is 0 Å². The third-order valence-electron chi connectivity index (χ3n) is 3.10. The predicted octanol–water partition coefficient (Wildman–Crippen LogP) is 3.40. The zero-order valence-electron chi connectivity index (χ0n) is 12.1. The van der Waals surface area contributed by atoms with E-state index in [1.54, 1.807) is 18.2 Å². The Balaban J connectivity index is 2.29. The Kier molecular flexibility index (Phi) is 4.24. The molecule has 0 aliphatic carbocycles. The number of esters is 1. The van der Waals surface area contributed by atoms with Crippen molar-refractivity contribution in [3.05, 3.63) is 58.7 Å². The lowest BCUT2D eigenvalue weighted by Gasteiger charge is -2.10. The van der Waals surface area contributed by atoms with Crippen molar-refractivity contribution in [2.45, 2.75) is 13.8 Å². The molecule has 0 amide bonds. The average Bonchev–Trinajstić information content (AvgIpc) is 2.47. The summed E-state index contributed by atoms with van der Waals surface area (Å²) in [5, 5.41) is 8.86. The standard InChI is InChI=1S/C17H15NO3/c1-11-4-6-14(12(2)8-11)17(19)21-15-7-5-13(10-18)9-16(15)20-3/h4-9H,1-3H3. The summed E-state index contributed by atoms with van der Waals surface area (Å²) in [6, 6.07) is 12.2. The van der Waals surface area contributed by atoms with Gasteiger partial charge in [0.1, 0.15) is 0 Å². The molecular weight excluding hydrogens is 266 g/mol. The average molecular weight is 281 g/mol. The van der Waals surface area contributed by atoms with Crippen molar-refractivity contribution in [2.24, 2.45) is 0 Å². The third-order valence-corrected chi connectivity index (χ3v) is 3.10. The van der Waals surface area contributed by atoms with E-state index in [-0.39, 0.29) is 0 Å². The molecule has 0 aliphatic rings. The Morgan fingerprint density at radius 2 is 1.86 bits per heavy atom. The quantitative estimate of drug-likeness (QED) is 0.639. The minimum Gasteiger partial charge on any atom is -0.493 e. The molecule has 2 rings (SSSR count). The summed E-state index contributed by atoms with van der Waals surface area (Å²) in [7, 11) is 1.46. The van der Waals surface area contributed by atoms with Gasteiger partial charge in [0.15, 0.2) is 11.5 Å². The van der Waals surface area contributed by atoms with E-state index in [2.05, 4.69) is 0 Å². The van der Waals surface area contributed by atoms with E-state index in [0.29, 0.717) is 22.6 Å². The number of rotatable bonds is 3. The first kappa shape index (κ1) is 14.6. The molecule has 4 nitrogen and oxygen atoms in total. The van der Waals surface area contributed by atoms with Gasteiger partial charge in [-0.25, -0.2) is 4.79 Å². The van der Waals surface area contributed by atoms with Gasteiger partial charge in [-0.3, -0.25) is 0 Å². The zero-order valence-corrected chi connectivity index (χ0v) is 12.1. The van der Waals surface area contributed by atoms with Gasteiger partial charge in [0.25, 0.3) is 0 Å². The van der Waals surface area contributed by atoms with Crippen LogP contribution in [0.25, 0.3) is 0 Å². The minimum absolute atomic E-state index is 0.293. The molecule has 2 aromatic rings. The van der Waals surface area contributed by atoms with Crippen LogP contribution in [0.1, 0.15) is 27.0 Å². The number of hydrogen-bond acceptors (Lipinski definition) is 4. The number of carbonyl (C=O) groups is 1. The van der Waals surface area contributed by atoms with Gasteiger partial charge in [-0.15, -0.1) is 0 Å². The number of ether oxygens (including phenoxy) is 2. The fourth-order valence-electron chi connectivity index (χ4n) is 2.02. The number of aryl methyl sites for hydroxylation is 2. The molecule has 0 spiro atoms. The second kappa shape index (κ2) is 6.10. The van der Waals surface area contributed by atoms with Crippen LogP contribution in [0, 0.1) is 25.2 Å². The topological polar surface area (TPSA) is 59.3 Å². The third kappa shape index (κ3) is 3.21. The second-order valence-corrected chi connectivity index (χ2v) is 4.69. The van der Waals surface area contributed by atoms with E-state index in [1.165, 1.54) is 13.2 Å². The summed E-state index contributed by atoms with van der Waals surface area (Å²) in [5.41, 5.74) is 2.89. The maximum absolute atomic E-state index is 12.2. The van der Waals surface area contributed by atoms with Gasteiger partial charge in [0, 0.05) is 6.07 Å². The van der Waals surface area contributed by atoms with Crippen molar-refractivity contribution in [1.29, 1.82) is 5.26 Å². The van der Waals surface area contributed by atoms with Gasteiger partial charge in [0.05, 0.1) is 24.3 Å². The molecule has 0 aromatic heterocycles. The molecule has 106 valence electrons. The van der Waals surface area contributed by atoms with Crippen LogP contribution in [0.15, 0.2) is 36.4 Å². The van der Waals surface area contributed by atoms with Gasteiger partial charge >= 0.3 is 5.97 Å². The fourth-order valence-corrected chi connectivity index (χ4v) is 2.02. The fraction of sp³-hybridized carbons (Fsp3) is 0.176. The smallest absolute Gasteiger partial charge is 0.343 e. The highest BCUT2D eigenvalue weighted by molar-refractivity contribution is 5.93. The molecule has 2 aromatic carbocycles. The van der Waals surface area contributed by atoms with Crippen LogP contribution in [0.4, 0.5) is 0 Å². The van der Waals surface area contributed by atoms with E-state index in [4.69, 9.17) is 14.7 Å². The molecule has 21 heavy (non-hydrogen) atoms. The van der Waals surface area contributed by atoms with E-state index < -0.39 is 5.97 Å². The highest BCUT2D eigenvalue weighted by atomic mass is 16.6. The Morgan fingerprint density at radius 1 is 1.10 bits per heavy atom. The molecule has 0 saturated heterocycles. The molecule has 0 bridgehead atoms. The highest BCUT2D eigenvalue weighted by Crippen LogP contribution is 2.29. The predicted molar refractivity (Wildman–Crippen MR) is 78.6 cm³/mol. The molecule has 0 saturated carbocycles. The van der Waals surface area contributed by atoms with E-state index >= 15 is 0 Å². The van der Waals surface area contributed by atoms with Crippen LogP contribution in [0.2, 0.25) is 0 Å². The molecule has 0 radical (unpaired) electrons. The van der Waals surface area contributed by atoms with Gasteiger partial charge in [-0.2, -0.15) is 5.26 Å². The van der Waals surface area contributed by atoms with Crippen LogP contribution in [0.3, 0.4) is 0 Å². The summed E-state index contributed by atoms with van der Waals surface area (Å²) < 4.78 is 10.5. The number of methoxy groups -OCH3 is 1. The number of carbonyl (C=O) groups excluding carboxylic acids is 1. The normalized spacial score (nSPS) is 9.81. The molecule has 0 fully saturated rings. The molecule has 0 aliphatic heterocycles. The van der Waals surface area contributed by atoms with Gasteiger partial charge in [-0.05, 0) is 37.6 Å². The molecule has 0 atom stereocenters. The summed E-state index contributed by atoms with van der Waals surface area (Å²) in [6.45, 7) is 3.82. The SMILES string of the molecule is COc1cc(C#N)ccc1OC(=O)c1ccc(C)cc1C. The molecular formula is C17H15NO3. The summed E-state index contributed by atoms with van der Waals surface area (Å²) >= 11 is 0. The van der Waals surface area contributed by atoms with Crippen molar-refractivity contribution in [2.75, 3.05) is 7.11 Å². The van der Waals surface area contributed by atoms with Crippen molar-refractivity contribution in [3.63, 3.8) is 0 Å². The summed E-state index contributed by atoms with van der Waals surface area (Å²) in [5.74, 6) is 0.198. The minimum atomic E-state index is -0.449. The lowest BCUT2D eigenvalue weighted by atomic mass is 10.1. The zero-order chi connectivity index (χ0) is 15.4. The van der Waals surface area contributed by atoms with E-state index in [0.717, 1.165) is 11.1 Å². The van der Waals surface area contributed by atoms with Gasteiger partial charge < -0.3 is 9.47 Å². The number of nitriles is 1. The van der Waals surface area contributed by atoms with Crippen LogP contribution >= 0.6 is 0 Å². The Labute approximate surface area is 123 Å². The van der Waals surface area contributed by atoms with Crippen molar-refractivity contribution < 1.29 is 14.3 Å². The van der Waals surface area contributed by atoms with Crippen LogP contribution in [0.5, 0.6) is 11.5 Å². The maximum Gasteiger partial charge on any atom is 0.343 e. The monoisotopic (exact) mass is 281 g/mol. The Hall–Kier alpha value is -2.80. The first-order valence-electron chi connectivity index (χ1n) is 6.42. The lowest BCUT2D eigenvalue weighted by molar-refractivity contribution is 0.0729. The van der Waals surface area contributed by atoms with E-state index in [1.807, 2.05) is 32.0 Å². The summed E-state index contributed by atoms with van der Waals surface area (Å²) in [6.07, 6.45) is 0. The first-order chi connectivity index (χ1) is 10.0. The molecule has 0 unspecified atom stereocenters.